The molecule has 1 N–H and O–H groups in total. The maximum atomic E-state index is 12.7. The Labute approximate surface area is 176 Å². The van der Waals surface area contributed by atoms with Crippen molar-refractivity contribution in [2.45, 2.75) is 18.6 Å². The number of anilines is 1. The van der Waals surface area contributed by atoms with E-state index in [1.807, 2.05) is 42.5 Å². The Morgan fingerprint density at radius 1 is 1.04 bits per heavy atom. The van der Waals surface area contributed by atoms with Crippen LogP contribution in [-0.2, 0) is 20.6 Å². The van der Waals surface area contributed by atoms with Gasteiger partial charge in [0.05, 0.1) is 5.75 Å². The Morgan fingerprint density at radius 2 is 1.67 bits per heavy atom. The summed E-state index contributed by atoms with van der Waals surface area (Å²) in [4.78, 5) is 12.5. The zero-order valence-electron chi connectivity index (χ0n) is 14.6. The summed E-state index contributed by atoms with van der Waals surface area (Å²) in [7, 11) is -3.39. The minimum absolute atomic E-state index is 0.0264. The fourth-order valence-corrected chi connectivity index (χ4v) is 5.53. The standard InChI is InChI=1S/C19H20Br2N2O3S/c20-16-4-1-3-14(11-16)13-27(25,26)23-9-7-15(8-10-23)19(24)22-18-6-2-5-17(21)12-18/h1-6,11-12,15H,7-10,13H2,(H,22,24). The van der Waals surface area contributed by atoms with Gasteiger partial charge in [0.15, 0.2) is 0 Å². The van der Waals surface area contributed by atoms with Gasteiger partial charge in [-0.05, 0) is 48.7 Å². The molecule has 1 saturated heterocycles. The van der Waals surface area contributed by atoms with E-state index in [-0.39, 0.29) is 17.6 Å². The number of carbonyl (C=O) groups is 1. The second kappa shape index (κ2) is 8.86. The first-order chi connectivity index (χ1) is 12.8. The Bertz CT molecular complexity index is 926. The highest BCUT2D eigenvalue weighted by Gasteiger charge is 2.31. The molecule has 0 aromatic heterocycles. The Balaban J connectivity index is 1.57. The second-order valence-electron chi connectivity index (χ2n) is 6.56. The molecule has 27 heavy (non-hydrogen) atoms. The quantitative estimate of drug-likeness (QED) is 0.642. The molecule has 2 aromatic carbocycles. The molecule has 5 nitrogen and oxygen atoms in total. The van der Waals surface area contributed by atoms with Gasteiger partial charge in [-0.3, -0.25) is 4.79 Å². The molecule has 0 atom stereocenters. The third kappa shape index (κ3) is 5.63. The van der Waals surface area contributed by atoms with Crippen LogP contribution in [0.25, 0.3) is 0 Å². The molecular weight excluding hydrogens is 496 g/mol. The van der Waals surface area contributed by atoms with Gasteiger partial charge in [0.25, 0.3) is 0 Å². The number of hydrogen-bond acceptors (Lipinski definition) is 3. The van der Waals surface area contributed by atoms with Crippen LogP contribution >= 0.6 is 31.9 Å². The predicted octanol–water partition coefficient (Wildman–Crippen LogP) is 4.39. The number of carbonyl (C=O) groups excluding carboxylic acids is 1. The zero-order chi connectivity index (χ0) is 19.4. The van der Waals surface area contributed by atoms with Gasteiger partial charge in [-0.1, -0.05) is 50.1 Å². The summed E-state index contributed by atoms with van der Waals surface area (Å²) in [5.41, 5.74) is 1.48. The molecule has 0 spiro atoms. The average Bonchev–Trinajstić information content (AvgIpc) is 2.61. The van der Waals surface area contributed by atoms with Gasteiger partial charge in [0.2, 0.25) is 15.9 Å². The maximum Gasteiger partial charge on any atom is 0.227 e. The monoisotopic (exact) mass is 514 g/mol. The zero-order valence-corrected chi connectivity index (χ0v) is 18.6. The van der Waals surface area contributed by atoms with Crippen molar-refractivity contribution < 1.29 is 13.2 Å². The largest absolute Gasteiger partial charge is 0.326 e. The fourth-order valence-electron chi connectivity index (χ4n) is 3.14. The smallest absolute Gasteiger partial charge is 0.227 e. The van der Waals surface area contributed by atoms with Gasteiger partial charge in [-0.15, -0.1) is 0 Å². The normalized spacial score (nSPS) is 16.2. The number of piperidine rings is 1. The lowest BCUT2D eigenvalue weighted by Crippen LogP contribution is -2.41. The second-order valence-corrected chi connectivity index (χ2v) is 10.4. The first-order valence-electron chi connectivity index (χ1n) is 8.62. The van der Waals surface area contributed by atoms with E-state index in [1.54, 1.807) is 6.07 Å². The number of rotatable bonds is 5. The summed E-state index contributed by atoms with van der Waals surface area (Å²) in [6.45, 7) is 0.736. The van der Waals surface area contributed by atoms with Gasteiger partial charge in [-0.25, -0.2) is 12.7 Å². The number of nitrogens with zero attached hydrogens (tertiary/aromatic N) is 1. The maximum absolute atomic E-state index is 12.7. The van der Waals surface area contributed by atoms with Crippen LogP contribution in [0.5, 0.6) is 0 Å². The summed E-state index contributed by atoms with van der Waals surface area (Å²) >= 11 is 6.75. The predicted molar refractivity (Wildman–Crippen MR) is 114 cm³/mol. The molecule has 0 radical (unpaired) electrons. The van der Waals surface area contributed by atoms with Gasteiger partial charge in [-0.2, -0.15) is 0 Å². The van der Waals surface area contributed by atoms with Crippen molar-refractivity contribution in [3.05, 3.63) is 63.0 Å². The topological polar surface area (TPSA) is 66.5 Å². The first kappa shape index (κ1) is 20.5. The Hall–Kier alpha value is -1.22. The summed E-state index contributed by atoms with van der Waals surface area (Å²) in [6, 6.07) is 14.7. The van der Waals surface area contributed by atoms with Crippen molar-refractivity contribution in [3.8, 4) is 0 Å². The minimum atomic E-state index is -3.39. The van der Waals surface area contributed by atoms with Crippen LogP contribution in [0.2, 0.25) is 0 Å². The van der Waals surface area contributed by atoms with Crippen molar-refractivity contribution in [1.82, 2.24) is 4.31 Å². The van der Waals surface area contributed by atoms with Crippen LogP contribution in [0, 0.1) is 5.92 Å². The lowest BCUT2D eigenvalue weighted by Gasteiger charge is -2.30. The van der Waals surface area contributed by atoms with Crippen LogP contribution in [0.3, 0.4) is 0 Å². The molecule has 3 rings (SSSR count). The van der Waals surface area contributed by atoms with E-state index < -0.39 is 10.0 Å². The van der Waals surface area contributed by atoms with Crippen molar-refractivity contribution in [2.24, 2.45) is 5.92 Å². The lowest BCUT2D eigenvalue weighted by molar-refractivity contribution is -0.120. The molecule has 0 aliphatic carbocycles. The van der Waals surface area contributed by atoms with Crippen LogP contribution in [0.15, 0.2) is 57.5 Å². The lowest BCUT2D eigenvalue weighted by atomic mass is 9.97. The van der Waals surface area contributed by atoms with Crippen LogP contribution in [0.1, 0.15) is 18.4 Å². The van der Waals surface area contributed by atoms with Crippen molar-refractivity contribution in [3.63, 3.8) is 0 Å². The van der Waals surface area contributed by atoms with E-state index in [2.05, 4.69) is 37.2 Å². The molecule has 0 bridgehead atoms. The van der Waals surface area contributed by atoms with Crippen molar-refractivity contribution in [1.29, 1.82) is 0 Å². The number of halogens is 2. The van der Waals surface area contributed by atoms with E-state index in [1.165, 1.54) is 4.31 Å². The Morgan fingerprint density at radius 3 is 2.30 bits per heavy atom. The van der Waals surface area contributed by atoms with Crippen LogP contribution < -0.4 is 5.32 Å². The third-order valence-corrected chi connectivity index (χ3v) is 7.38. The molecule has 1 fully saturated rings. The minimum Gasteiger partial charge on any atom is -0.326 e. The summed E-state index contributed by atoms with van der Waals surface area (Å²) < 4.78 is 28.6. The van der Waals surface area contributed by atoms with Crippen molar-refractivity contribution in [2.75, 3.05) is 18.4 Å². The molecule has 8 heteroatoms. The van der Waals surface area contributed by atoms with E-state index in [9.17, 15) is 13.2 Å². The van der Waals surface area contributed by atoms with Gasteiger partial charge < -0.3 is 5.32 Å². The average molecular weight is 516 g/mol. The van der Waals surface area contributed by atoms with Gasteiger partial charge in [0.1, 0.15) is 0 Å². The van der Waals surface area contributed by atoms with Crippen LogP contribution in [-0.4, -0.2) is 31.7 Å². The fraction of sp³-hybridized carbons (Fsp3) is 0.316. The van der Waals surface area contributed by atoms with Crippen molar-refractivity contribution >= 4 is 53.5 Å². The van der Waals surface area contributed by atoms with E-state index >= 15 is 0 Å². The number of sulfonamides is 1. The third-order valence-electron chi connectivity index (χ3n) is 4.55. The van der Waals surface area contributed by atoms with Crippen LogP contribution in [0.4, 0.5) is 5.69 Å². The molecule has 2 aromatic rings. The molecule has 1 amide bonds. The Kier molecular flexibility index (Phi) is 6.73. The number of benzene rings is 2. The first-order valence-corrected chi connectivity index (χ1v) is 11.8. The summed E-state index contributed by atoms with van der Waals surface area (Å²) in [5.74, 6) is -0.264. The highest BCUT2D eigenvalue weighted by atomic mass is 79.9. The molecule has 1 heterocycles. The summed E-state index contributed by atoms with van der Waals surface area (Å²) in [6.07, 6.45) is 1.05. The highest BCUT2D eigenvalue weighted by Crippen LogP contribution is 2.24. The van der Waals surface area contributed by atoms with Gasteiger partial charge in [0, 0.05) is 33.6 Å². The number of amides is 1. The highest BCUT2D eigenvalue weighted by molar-refractivity contribution is 9.10. The molecular formula is C19H20Br2N2O3S. The van der Waals surface area contributed by atoms with Gasteiger partial charge >= 0.3 is 0 Å². The number of hydrogen-bond donors (Lipinski definition) is 1. The molecule has 0 unspecified atom stereocenters. The molecule has 0 saturated carbocycles. The van der Waals surface area contributed by atoms with E-state index in [4.69, 9.17) is 0 Å². The number of nitrogens with one attached hydrogen (secondary N) is 1. The molecule has 144 valence electrons. The molecule has 1 aliphatic heterocycles. The molecule has 1 aliphatic rings. The van der Waals surface area contributed by atoms with E-state index in [0.29, 0.717) is 25.9 Å². The SMILES string of the molecule is O=C(Nc1cccc(Br)c1)C1CCN(S(=O)(=O)Cc2cccc(Br)c2)CC1. The summed E-state index contributed by atoms with van der Waals surface area (Å²) in [5, 5.41) is 2.91. The van der Waals surface area contributed by atoms with E-state index in [0.717, 1.165) is 20.2 Å².